The van der Waals surface area contributed by atoms with E-state index in [1.54, 1.807) is 10.9 Å². The van der Waals surface area contributed by atoms with Gasteiger partial charge in [-0.15, -0.1) is 5.10 Å². The van der Waals surface area contributed by atoms with Gasteiger partial charge in [-0.1, -0.05) is 6.58 Å². The number of carbonyl (C=O) groups excluding carboxylic acids is 1. The van der Waals surface area contributed by atoms with Gasteiger partial charge in [-0.05, 0) is 43.7 Å². The molecule has 4 aromatic rings. The molecule has 0 radical (unpaired) electrons. The molecule has 0 bridgehead atoms. The molecule has 0 saturated heterocycles. The van der Waals surface area contributed by atoms with Crippen LogP contribution in [0.3, 0.4) is 0 Å². The number of fused-ring (bicyclic) bond motifs is 1. The minimum absolute atomic E-state index is 0.235. The summed E-state index contributed by atoms with van der Waals surface area (Å²) in [6.45, 7) is 7.45. The highest BCUT2D eigenvalue weighted by Crippen LogP contribution is 2.29. The van der Waals surface area contributed by atoms with Gasteiger partial charge in [-0.2, -0.15) is 10.2 Å². The second kappa shape index (κ2) is 7.23. The minimum atomic E-state index is -0.235. The van der Waals surface area contributed by atoms with Crippen molar-refractivity contribution in [2.75, 3.05) is 10.6 Å². The average molecular weight is 387 g/mol. The van der Waals surface area contributed by atoms with E-state index in [1.807, 2.05) is 51.4 Å². The van der Waals surface area contributed by atoms with Crippen LogP contribution >= 0.6 is 0 Å². The number of amides is 1. The molecule has 1 aromatic carbocycles. The van der Waals surface area contributed by atoms with E-state index in [0.717, 1.165) is 39.2 Å². The lowest BCUT2D eigenvalue weighted by Gasteiger charge is -2.11. The maximum atomic E-state index is 11.6. The summed E-state index contributed by atoms with van der Waals surface area (Å²) in [7, 11) is 1.86. The third kappa shape index (κ3) is 3.60. The van der Waals surface area contributed by atoms with Crippen molar-refractivity contribution in [2.24, 2.45) is 7.05 Å². The maximum absolute atomic E-state index is 11.6. The number of nitrogens with zero attached hydrogens (tertiary/aromatic N) is 5. The Kier molecular flexibility index (Phi) is 4.59. The molecule has 8 heteroatoms. The summed E-state index contributed by atoms with van der Waals surface area (Å²) in [5.41, 5.74) is 5.41. The summed E-state index contributed by atoms with van der Waals surface area (Å²) in [4.78, 5) is 11.6. The standard InChI is InChI=1S/C21H21N7O/c1-5-21(29)24-15-6-7-18-17(8-15)13(2)11-28(18)19-9-20(26-25-14(19)3)23-16-10-22-27(4)12-16/h5-12H,1H2,2-4H3,(H,23,26)(H,24,29). The topological polar surface area (TPSA) is 89.7 Å². The van der Waals surface area contributed by atoms with E-state index < -0.39 is 0 Å². The highest BCUT2D eigenvalue weighted by molar-refractivity contribution is 6.00. The van der Waals surface area contributed by atoms with Crippen molar-refractivity contribution in [3.8, 4) is 5.69 Å². The zero-order chi connectivity index (χ0) is 20.5. The third-order valence-electron chi connectivity index (χ3n) is 4.65. The fourth-order valence-corrected chi connectivity index (χ4v) is 3.25. The molecule has 8 nitrogen and oxygen atoms in total. The predicted molar refractivity (Wildman–Crippen MR) is 114 cm³/mol. The Balaban J connectivity index is 1.74. The van der Waals surface area contributed by atoms with Crippen LogP contribution in [0, 0.1) is 13.8 Å². The maximum Gasteiger partial charge on any atom is 0.247 e. The van der Waals surface area contributed by atoms with Crippen LogP contribution in [0.15, 0.2) is 55.5 Å². The van der Waals surface area contributed by atoms with E-state index in [-0.39, 0.29) is 5.91 Å². The summed E-state index contributed by atoms with van der Waals surface area (Å²) in [6.07, 6.45) is 6.91. The molecule has 0 saturated carbocycles. The fourth-order valence-electron chi connectivity index (χ4n) is 3.25. The number of hydrogen-bond acceptors (Lipinski definition) is 5. The Morgan fingerprint density at radius 2 is 1.97 bits per heavy atom. The van der Waals surface area contributed by atoms with Gasteiger partial charge in [0.1, 0.15) is 0 Å². The van der Waals surface area contributed by atoms with Crippen LogP contribution in [-0.4, -0.2) is 30.5 Å². The average Bonchev–Trinajstić information content (AvgIpc) is 3.26. The molecule has 29 heavy (non-hydrogen) atoms. The fraction of sp³-hybridized carbons (Fsp3) is 0.143. The summed E-state index contributed by atoms with van der Waals surface area (Å²) >= 11 is 0. The van der Waals surface area contributed by atoms with Gasteiger partial charge in [-0.3, -0.25) is 9.48 Å². The largest absolute Gasteiger partial charge is 0.336 e. The highest BCUT2D eigenvalue weighted by Gasteiger charge is 2.13. The van der Waals surface area contributed by atoms with Crippen molar-refractivity contribution in [1.82, 2.24) is 24.5 Å². The number of hydrogen-bond donors (Lipinski definition) is 2. The van der Waals surface area contributed by atoms with Crippen LogP contribution in [0.25, 0.3) is 16.6 Å². The number of anilines is 3. The normalized spacial score (nSPS) is 10.9. The highest BCUT2D eigenvalue weighted by atomic mass is 16.1. The summed E-state index contributed by atoms with van der Waals surface area (Å²) in [5.74, 6) is 0.398. The second-order valence-corrected chi connectivity index (χ2v) is 6.84. The van der Waals surface area contributed by atoms with Crippen LogP contribution in [-0.2, 0) is 11.8 Å². The zero-order valence-electron chi connectivity index (χ0n) is 16.5. The number of aryl methyl sites for hydroxylation is 3. The number of benzene rings is 1. The Morgan fingerprint density at radius 1 is 1.14 bits per heavy atom. The van der Waals surface area contributed by atoms with Crippen LogP contribution < -0.4 is 10.6 Å². The first kappa shape index (κ1) is 18.4. The first-order valence-electron chi connectivity index (χ1n) is 9.10. The lowest BCUT2D eigenvalue weighted by atomic mass is 10.1. The predicted octanol–water partition coefficient (Wildman–Crippen LogP) is 3.64. The number of rotatable bonds is 5. The molecule has 4 rings (SSSR count). The summed E-state index contributed by atoms with van der Waals surface area (Å²) in [5, 5.41) is 19.8. The molecular formula is C21H21N7O. The van der Waals surface area contributed by atoms with Gasteiger partial charge in [-0.25, -0.2) is 0 Å². The molecule has 146 valence electrons. The number of aromatic nitrogens is 5. The van der Waals surface area contributed by atoms with Gasteiger partial charge >= 0.3 is 0 Å². The van der Waals surface area contributed by atoms with Crippen LogP contribution in [0.1, 0.15) is 11.3 Å². The lowest BCUT2D eigenvalue weighted by molar-refractivity contribution is -0.111. The smallest absolute Gasteiger partial charge is 0.247 e. The zero-order valence-corrected chi connectivity index (χ0v) is 16.5. The van der Waals surface area contributed by atoms with Crippen molar-refractivity contribution in [2.45, 2.75) is 13.8 Å². The minimum Gasteiger partial charge on any atom is -0.336 e. The van der Waals surface area contributed by atoms with E-state index in [4.69, 9.17) is 0 Å². The van der Waals surface area contributed by atoms with Crippen LogP contribution in [0.2, 0.25) is 0 Å². The van der Waals surface area contributed by atoms with E-state index in [9.17, 15) is 4.79 Å². The Bertz CT molecular complexity index is 1240. The van der Waals surface area contributed by atoms with Crippen molar-refractivity contribution in [1.29, 1.82) is 0 Å². The Hall–Kier alpha value is -3.94. The molecule has 3 heterocycles. The summed E-state index contributed by atoms with van der Waals surface area (Å²) in [6, 6.07) is 7.77. The van der Waals surface area contributed by atoms with Crippen molar-refractivity contribution in [3.05, 3.63) is 66.8 Å². The molecule has 0 aliphatic carbocycles. The molecule has 0 atom stereocenters. The van der Waals surface area contributed by atoms with Crippen molar-refractivity contribution < 1.29 is 4.79 Å². The van der Waals surface area contributed by atoms with E-state index in [0.29, 0.717) is 5.82 Å². The molecule has 0 unspecified atom stereocenters. The SMILES string of the molecule is C=CC(=O)Nc1ccc2c(c1)c(C)cn2-c1cc(Nc2cnn(C)c2)nnc1C. The van der Waals surface area contributed by atoms with Crippen molar-refractivity contribution in [3.63, 3.8) is 0 Å². The first-order valence-corrected chi connectivity index (χ1v) is 9.10. The number of carbonyl (C=O) groups is 1. The first-order chi connectivity index (χ1) is 13.9. The monoisotopic (exact) mass is 387 g/mol. The Labute approximate surface area is 167 Å². The van der Waals surface area contributed by atoms with Gasteiger partial charge in [0.15, 0.2) is 5.82 Å². The van der Waals surface area contributed by atoms with Gasteiger partial charge in [0.2, 0.25) is 5.91 Å². The molecule has 0 aliphatic heterocycles. The second-order valence-electron chi connectivity index (χ2n) is 6.84. The van der Waals surface area contributed by atoms with Gasteiger partial charge in [0, 0.05) is 36.6 Å². The lowest BCUT2D eigenvalue weighted by Crippen LogP contribution is -2.07. The molecular weight excluding hydrogens is 366 g/mol. The molecule has 3 aromatic heterocycles. The number of nitrogens with one attached hydrogen (secondary N) is 2. The van der Waals surface area contributed by atoms with E-state index >= 15 is 0 Å². The molecule has 2 N–H and O–H groups in total. The van der Waals surface area contributed by atoms with E-state index in [1.165, 1.54) is 6.08 Å². The summed E-state index contributed by atoms with van der Waals surface area (Å²) < 4.78 is 3.80. The molecule has 0 fully saturated rings. The Morgan fingerprint density at radius 3 is 2.69 bits per heavy atom. The van der Waals surface area contributed by atoms with Crippen molar-refractivity contribution >= 4 is 34.0 Å². The molecule has 0 spiro atoms. The molecule has 1 amide bonds. The van der Waals surface area contributed by atoms with Gasteiger partial charge in [0.25, 0.3) is 0 Å². The van der Waals surface area contributed by atoms with E-state index in [2.05, 4.69) is 43.3 Å². The third-order valence-corrected chi connectivity index (χ3v) is 4.65. The van der Waals surface area contributed by atoms with Crippen LogP contribution in [0.4, 0.5) is 17.2 Å². The quantitative estimate of drug-likeness (QED) is 0.510. The van der Waals surface area contributed by atoms with Crippen LogP contribution in [0.5, 0.6) is 0 Å². The molecule has 0 aliphatic rings. The van der Waals surface area contributed by atoms with Gasteiger partial charge in [0.05, 0.1) is 28.8 Å². The van der Waals surface area contributed by atoms with Gasteiger partial charge < -0.3 is 15.2 Å².